The molecule has 13 heavy (non-hydrogen) atoms. The molecule has 0 saturated heterocycles. The average molecular weight is 184 g/mol. The Kier molecular flexibility index (Phi) is 3.74. The lowest BCUT2D eigenvalue weighted by atomic mass is 9.68. The van der Waals surface area contributed by atoms with Crippen LogP contribution in [0.2, 0.25) is 0 Å². The Bertz CT molecular complexity index is 150. The van der Waals surface area contributed by atoms with Crippen LogP contribution < -0.4 is 5.32 Å². The highest BCUT2D eigenvalue weighted by Crippen LogP contribution is 2.40. The second-order valence-corrected chi connectivity index (χ2v) is 4.89. The minimum atomic E-state index is 0.591. The largest absolute Gasteiger partial charge is 0.319 e. The van der Waals surface area contributed by atoms with E-state index < -0.39 is 0 Å². The summed E-state index contributed by atoms with van der Waals surface area (Å²) in [7, 11) is 4.30. The first-order valence-corrected chi connectivity index (χ1v) is 5.44. The van der Waals surface area contributed by atoms with Crippen LogP contribution in [0.4, 0.5) is 0 Å². The van der Waals surface area contributed by atoms with Gasteiger partial charge < -0.3 is 10.2 Å². The van der Waals surface area contributed by atoms with Crippen LogP contribution in [0, 0.1) is 5.41 Å². The highest BCUT2D eigenvalue weighted by atomic mass is 15.1. The molecule has 1 saturated carbocycles. The second-order valence-electron chi connectivity index (χ2n) is 4.89. The van der Waals surface area contributed by atoms with Crippen molar-refractivity contribution in [1.29, 1.82) is 0 Å². The molecule has 1 rings (SSSR count). The van der Waals surface area contributed by atoms with Crippen molar-refractivity contribution in [2.75, 3.05) is 27.2 Å². The zero-order valence-electron chi connectivity index (χ0n) is 9.56. The van der Waals surface area contributed by atoms with Gasteiger partial charge in [0.25, 0.3) is 0 Å². The summed E-state index contributed by atoms with van der Waals surface area (Å²) < 4.78 is 0. The number of nitrogens with zero attached hydrogens (tertiary/aromatic N) is 1. The van der Waals surface area contributed by atoms with Gasteiger partial charge in [-0.3, -0.25) is 0 Å². The van der Waals surface area contributed by atoms with Gasteiger partial charge in [0.1, 0.15) is 0 Å². The van der Waals surface area contributed by atoms with E-state index in [1.54, 1.807) is 0 Å². The second kappa shape index (κ2) is 4.43. The zero-order chi connectivity index (χ0) is 9.90. The molecule has 2 nitrogen and oxygen atoms in total. The third-order valence-electron chi connectivity index (χ3n) is 3.43. The molecule has 0 bridgehead atoms. The van der Waals surface area contributed by atoms with Gasteiger partial charge in [0.15, 0.2) is 0 Å². The van der Waals surface area contributed by atoms with Crippen LogP contribution in [0.1, 0.15) is 33.1 Å². The summed E-state index contributed by atoms with van der Waals surface area (Å²) in [5, 5.41) is 3.33. The van der Waals surface area contributed by atoms with Crippen molar-refractivity contribution in [1.82, 2.24) is 10.2 Å². The molecule has 1 aliphatic carbocycles. The molecule has 2 heteroatoms. The van der Waals surface area contributed by atoms with E-state index in [2.05, 4.69) is 38.2 Å². The van der Waals surface area contributed by atoms with Crippen LogP contribution in [0.3, 0.4) is 0 Å². The SMILES string of the molecule is CNCC1(CN(C)C(C)C)CCC1. The van der Waals surface area contributed by atoms with Crippen LogP contribution in [0.15, 0.2) is 0 Å². The molecule has 0 amide bonds. The lowest BCUT2D eigenvalue weighted by Gasteiger charge is -2.45. The van der Waals surface area contributed by atoms with Crippen LogP contribution in [0.25, 0.3) is 0 Å². The molecule has 0 unspecified atom stereocenters. The first-order valence-electron chi connectivity index (χ1n) is 5.44. The monoisotopic (exact) mass is 184 g/mol. The Hall–Kier alpha value is -0.0800. The summed E-state index contributed by atoms with van der Waals surface area (Å²) >= 11 is 0. The van der Waals surface area contributed by atoms with E-state index in [-0.39, 0.29) is 0 Å². The normalized spacial score (nSPS) is 20.8. The molecule has 0 aromatic heterocycles. The molecule has 0 aliphatic heterocycles. The van der Waals surface area contributed by atoms with Gasteiger partial charge in [-0.05, 0) is 46.2 Å². The van der Waals surface area contributed by atoms with Gasteiger partial charge in [0, 0.05) is 19.1 Å². The van der Waals surface area contributed by atoms with Gasteiger partial charge >= 0.3 is 0 Å². The van der Waals surface area contributed by atoms with E-state index >= 15 is 0 Å². The molecule has 0 radical (unpaired) electrons. The highest BCUT2D eigenvalue weighted by Gasteiger charge is 2.37. The first-order chi connectivity index (χ1) is 6.09. The summed E-state index contributed by atoms with van der Waals surface area (Å²) in [5.74, 6) is 0. The smallest absolute Gasteiger partial charge is 0.00498 e. The topological polar surface area (TPSA) is 15.3 Å². The number of nitrogens with one attached hydrogen (secondary N) is 1. The molecular formula is C11H24N2. The zero-order valence-corrected chi connectivity index (χ0v) is 9.56. The maximum Gasteiger partial charge on any atom is 0.00498 e. The third-order valence-corrected chi connectivity index (χ3v) is 3.43. The van der Waals surface area contributed by atoms with E-state index in [0.29, 0.717) is 11.5 Å². The van der Waals surface area contributed by atoms with E-state index in [1.165, 1.54) is 32.4 Å². The fourth-order valence-corrected chi connectivity index (χ4v) is 2.15. The Morgan fingerprint density at radius 2 is 2.00 bits per heavy atom. The average Bonchev–Trinajstić information content (AvgIpc) is 2.00. The molecule has 1 aliphatic rings. The summed E-state index contributed by atoms with van der Waals surface area (Å²) in [6.07, 6.45) is 4.24. The number of hydrogen-bond donors (Lipinski definition) is 1. The van der Waals surface area contributed by atoms with Crippen LogP contribution in [-0.2, 0) is 0 Å². The molecule has 0 heterocycles. The lowest BCUT2D eigenvalue weighted by molar-refractivity contribution is 0.0671. The van der Waals surface area contributed by atoms with Crippen molar-refractivity contribution in [2.45, 2.75) is 39.2 Å². The maximum atomic E-state index is 3.33. The predicted molar refractivity (Wildman–Crippen MR) is 58.0 cm³/mol. The van der Waals surface area contributed by atoms with Crippen molar-refractivity contribution >= 4 is 0 Å². The highest BCUT2D eigenvalue weighted by molar-refractivity contribution is 4.91. The predicted octanol–water partition coefficient (Wildman–Crippen LogP) is 1.72. The fourth-order valence-electron chi connectivity index (χ4n) is 2.15. The molecule has 0 aromatic carbocycles. The van der Waals surface area contributed by atoms with Gasteiger partial charge in [0.2, 0.25) is 0 Å². The summed E-state index contributed by atoms with van der Waals surface area (Å²) in [4.78, 5) is 2.47. The summed E-state index contributed by atoms with van der Waals surface area (Å²) in [5.41, 5.74) is 0.591. The van der Waals surface area contributed by atoms with Gasteiger partial charge in [-0.1, -0.05) is 6.42 Å². The molecule has 1 fully saturated rings. The fraction of sp³-hybridized carbons (Fsp3) is 1.00. The lowest BCUT2D eigenvalue weighted by Crippen LogP contribution is -2.48. The van der Waals surface area contributed by atoms with Crippen LogP contribution >= 0.6 is 0 Å². The van der Waals surface area contributed by atoms with Gasteiger partial charge in [-0.15, -0.1) is 0 Å². The van der Waals surface area contributed by atoms with Gasteiger partial charge in [0.05, 0.1) is 0 Å². The molecule has 78 valence electrons. The molecule has 0 atom stereocenters. The van der Waals surface area contributed by atoms with Crippen LogP contribution in [0.5, 0.6) is 0 Å². The minimum absolute atomic E-state index is 0.591. The van der Waals surface area contributed by atoms with Crippen molar-refractivity contribution in [3.05, 3.63) is 0 Å². The Balaban J connectivity index is 2.39. The Morgan fingerprint density at radius 3 is 2.31 bits per heavy atom. The van der Waals surface area contributed by atoms with Crippen molar-refractivity contribution in [3.63, 3.8) is 0 Å². The van der Waals surface area contributed by atoms with E-state index in [4.69, 9.17) is 0 Å². The van der Waals surface area contributed by atoms with Crippen molar-refractivity contribution < 1.29 is 0 Å². The maximum absolute atomic E-state index is 3.33. The molecule has 0 spiro atoms. The van der Waals surface area contributed by atoms with E-state index in [0.717, 1.165) is 0 Å². The molecular weight excluding hydrogens is 160 g/mol. The number of rotatable bonds is 5. The van der Waals surface area contributed by atoms with Crippen LogP contribution in [-0.4, -0.2) is 38.1 Å². The van der Waals surface area contributed by atoms with Crippen molar-refractivity contribution in [3.8, 4) is 0 Å². The van der Waals surface area contributed by atoms with Gasteiger partial charge in [-0.2, -0.15) is 0 Å². The summed E-state index contributed by atoms with van der Waals surface area (Å²) in [6, 6.07) is 0.675. The first kappa shape index (κ1) is 11.0. The van der Waals surface area contributed by atoms with Crippen molar-refractivity contribution in [2.24, 2.45) is 5.41 Å². The standard InChI is InChI=1S/C11H24N2/c1-10(2)13(4)9-11(8-12-3)6-5-7-11/h10,12H,5-9H2,1-4H3. The minimum Gasteiger partial charge on any atom is -0.319 e. The Labute approximate surface area is 82.7 Å². The number of hydrogen-bond acceptors (Lipinski definition) is 2. The third kappa shape index (κ3) is 2.68. The van der Waals surface area contributed by atoms with Gasteiger partial charge in [-0.25, -0.2) is 0 Å². The quantitative estimate of drug-likeness (QED) is 0.700. The molecule has 1 N–H and O–H groups in total. The van der Waals surface area contributed by atoms with E-state index in [9.17, 15) is 0 Å². The Morgan fingerprint density at radius 1 is 1.38 bits per heavy atom. The van der Waals surface area contributed by atoms with E-state index in [1.807, 2.05) is 0 Å². The molecule has 0 aromatic rings. The summed E-state index contributed by atoms with van der Waals surface area (Å²) in [6.45, 7) is 6.98.